The highest BCUT2D eigenvalue weighted by Gasteiger charge is 2.29. The van der Waals surface area contributed by atoms with Gasteiger partial charge in [-0.05, 0) is 69.9 Å². The van der Waals surface area contributed by atoms with Crippen molar-refractivity contribution in [2.75, 3.05) is 0 Å². The van der Waals surface area contributed by atoms with Crippen LogP contribution < -0.4 is 0 Å². The van der Waals surface area contributed by atoms with Crippen LogP contribution in [0.15, 0.2) is 58.3 Å². The first-order valence-corrected chi connectivity index (χ1v) is 12.3. The van der Waals surface area contributed by atoms with Gasteiger partial charge in [0.05, 0.1) is 10.8 Å². The Morgan fingerprint density at radius 1 is 0.600 bits per heavy atom. The number of hydrogen-bond donors (Lipinski definition) is 0. The number of benzene rings is 2. The van der Waals surface area contributed by atoms with Gasteiger partial charge in [0.1, 0.15) is 0 Å². The van der Waals surface area contributed by atoms with E-state index in [2.05, 4.69) is 106 Å². The van der Waals surface area contributed by atoms with Gasteiger partial charge in [0, 0.05) is 9.79 Å². The molecule has 0 amide bonds. The van der Waals surface area contributed by atoms with Gasteiger partial charge in [0.25, 0.3) is 0 Å². The van der Waals surface area contributed by atoms with Crippen molar-refractivity contribution < 1.29 is 4.21 Å². The van der Waals surface area contributed by atoms with Gasteiger partial charge in [-0.15, -0.1) is 0 Å². The molecule has 2 heteroatoms. The Morgan fingerprint density at radius 3 is 1.23 bits per heavy atom. The molecule has 0 bridgehead atoms. The molecule has 0 aromatic heterocycles. The van der Waals surface area contributed by atoms with Gasteiger partial charge in [-0.25, -0.2) is 4.21 Å². The fourth-order valence-corrected chi connectivity index (χ4v) is 6.20. The molecule has 0 aliphatic carbocycles. The Labute approximate surface area is 188 Å². The zero-order chi connectivity index (χ0) is 23.0. The quantitative estimate of drug-likeness (QED) is 0.454. The summed E-state index contributed by atoms with van der Waals surface area (Å²) in [4.78, 5) is 1.78. The van der Waals surface area contributed by atoms with Crippen LogP contribution >= 0.6 is 0 Å². The highest BCUT2D eigenvalue weighted by atomic mass is 32.2. The van der Waals surface area contributed by atoms with Crippen molar-refractivity contribution in [2.24, 2.45) is 10.8 Å². The van der Waals surface area contributed by atoms with E-state index in [1.165, 1.54) is 11.1 Å². The lowest BCUT2D eigenvalue weighted by Crippen LogP contribution is -2.25. The predicted octanol–water partition coefficient (Wildman–Crippen LogP) is 8.28. The van der Waals surface area contributed by atoms with Crippen molar-refractivity contribution in [1.82, 2.24) is 0 Å². The van der Waals surface area contributed by atoms with Crippen LogP contribution in [-0.4, -0.2) is 4.21 Å². The molecule has 0 heterocycles. The van der Waals surface area contributed by atoms with Crippen LogP contribution in [0.4, 0.5) is 0 Å². The van der Waals surface area contributed by atoms with Crippen molar-refractivity contribution in [2.45, 2.75) is 103 Å². The molecule has 0 N–H and O–H groups in total. The lowest BCUT2D eigenvalue weighted by Gasteiger charge is -2.33. The minimum Gasteiger partial charge on any atom is -0.249 e. The smallest absolute Gasteiger partial charge is 0.0849 e. The third-order valence-corrected chi connectivity index (χ3v) is 6.97. The molecule has 2 aromatic carbocycles. The van der Waals surface area contributed by atoms with E-state index in [1.807, 2.05) is 12.1 Å². The molecular formula is C28H42OS. The van der Waals surface area contributed by atoms with Crippen LogP contribution in [0.5, 0.6) is 0 Å². The minimum absolute atomic E-state index is 0.0367. The molecule has 2 aromatic rings. The Hall–Kier alpha value is -1.41. The number of hydrogen-bond acceptors (Lipinski definition) is 1. The minimum atomic E-state index is -1.18. The van der Waals surface area contributed by atoms with E-state index in [9.17, 15) is 4.21 Å². The summed E-state index contributed by atoms with van der Waals surface area (Å²) in [6.07, 6.45) is 2.15. The van der Waals surface area contributed by atoms with Crippen LogP contribution in [0.3, 0.4) is 0 Å². The Kier molecular flexibility index (Phi) is 7.14. The van der Waals surface area contributed by atoms with Gasteiger partial charge >= 0.3 is 0 Å². The van der Waals surface area contributed by atoms with E-state index in [0.29, 0.717) is 0 Å². The molecule has 0 unspecified atom stereocenters. The molecule has 30 heavy (non-hydrogen) atoms. The summed E-state index contributed by atoms with van der Waals surface area (Å²) in [6, 6.07) is 16.8. The molecule has 0 saturated heterocycles. The first kappa shape index (κ1) is 24.9. The molecule has 0 aliphatic rings. The highest BCUT2D eigenvalue weighted by Crippen LogP contribution is 2.38. The van der Waals surface area contributed by atoms with Crippen LogP contribution in [0.2, 0.25) is 0 Å². The van der Waals surface area contributed by atoms with Crippen molar-refractivity contribution in [3.63, 3.8) is 0 Å². The van der Waals surface area contributed by atoms with Gasteiger partial charge in [-0.1, -0.05) is 93.5 Å². The SMILES string of the molecule is CC(C)(C)CC(C)(C)c1cccc(S(=O)c2cccc(C(C)(C)CC(C)(C)C)c2)c1. The summed E-state index contributed by atoms with van der Waals surface area (Å²) in [6.45, 7) is 22.8. The van der Waals surface area contributed by atoms with Crippen LogP contribution in [-0.2, 0) is 21.6 Å². The third-order valence-electron chi connectivity index (χ3n) is 5.60. The maximum Gasteiger partial charge on any atom is 0.0849 e. The summed E-state index contributed by atoms with van der Waals surface area (Å²) in [5.41, 5.74) is 3.07. The molecule has 0 aliphatic heterocycles. The van der Waals surface area contributed by atoms with Gasteiger partial charge in [0.15, 0.2) is 0 Å². The monoisotopic (exact) mass is 426 g/mol. The number of rotatable bonds is 6. The van der Waals surface area contributed by atoms with Crippen molar-refractivity contribution in [3.8, 4) is 0 Å². The summed E-state index contributed by atoms with van der Waals surface area (Å²) in [5.74, 6) is 0. The zero-order valence-electron chi connectivity index (χ0n) is 20.8. The van der Waals surface area contributed by atoms with Crippen LogP contribution in [0, 0.1) is 10.8 Å². The second-order valence-electron chi connectivity index (χ2n) is 12.6. The average molecular weight is 427 g/mol. The normalized spacial score (nSPS) is 13.7. The largest absolute Gasteiger partial charge is 0.249 e. The second kappa shape index (κ2) is 8.61. The summed E-state index contributed by atoms with van der Waals surface area (Å²) < 4.78 is 13.5. The van der Waals surface area contributed by atoms with Crippen molar-refractivity contribution in [1.29, 1.82) is 0 Å². The average Bonchev–Trinajstić information content (AvgIpc) is 2.57. The Balaban J connectivity index is 2.36. The van der Waals surface area contributed by atoms with Gasteiger partial charge in [0.2, 0.25) is 0 Å². The Morgan fingerprint density at radius 2 is 0.933 bits per heavy atom. The fourth-order valence-electron chi connectivity index (χ4n) is 5.06. The lowest BCUT2D eigenvalue weighted by molar-refractivity contribution is 0.283. The zero-order valence-corrected chi connectivity index (χ0v) is 21.7. The third kappa shape index (κ3) is 6.80. The topological polar surface area (TPSA) is 17.1 Å². The Bertz CT molecular complexity index is 818. The summed E-state index contributed by atoms with van der Waals surface area (Å²) in [7, 11) is -1.18. The van der Waals surface area contributed by atoms with E-state index in [4.69, 9.17) is 0 Å². The highest BCUT2D eigenvalue weighted by molar-refractivity contribution is 7.85. The van der Waals surface area contributed by atoms with Crippen molar-refractivity contribution >= 4 is 10.8 Å². The molecule has 0 atom stereocenters. The van der Waals surface area contributed by atoms with Gasteiger partial charge in [-0.2, -0.15) is 0 Å². The van der Waals surface area contributed by atoms with E-state index >= 15 is 0 Å². The first-order chi connectivity index (χ1) is 13.5. The summed E-state index contributed by atoms with van der Waals surface area (Å²) in [5, 5.41) is 0. The van der Waals surface area contributed by atoms with E-state index in [0.717, 1.165) is 22.6 Å². The molecule has 0 fully saturated rings. The van der Waals surface area contributed by atoms with Crippen LogP contribution in [0.1, 0.15) is 93.2 Å². The molecule has 2 rings (SSSR count). The summed E-state index contributed by atoms with van der Waals surface area (Å²) >= 11 is 0. The van der Waals surface area contributed by atoms with Crippen molar-refractivity contribution in [3.05, 3.63) is 59.7 Å². The predicted molar refractivity (Wildman–Crippen MR) is 132 cm³/mol. The van der Waals surface area contributed by atoms with Gasteiger partial charge in [-0.3, -0.25) is 0 Å². The molecular weight excluding hydrogens is 384 g/mol. The van der Waals surface area contributed by atoms with E-state index in [-0.39, 0.29) is 21.7 Å². The first-order valence-electron chi connectivity index (χ1n) is 11.1. The van der Waals surface area contributed by atoms with E-state index < -0.39 is 10.8 Å². The van der Waals surface area contributed by atoms with Crippen LogP contribution in [0.25, 0.3) is 0 Å². The molecule has 0 spiro atoms. The maximum absolute atomic E-state index is 13.5. The lowest BCUT2D eigenvalue weighted by atomic mass is 9.72. The molecule has 0 radical (unpaired) electrons. The molecule has 1 nitrogen and oxygen atoms in total. The molecule has 166 valence electrons. The van der Waals surface area contributed by atoms with Gasteiger partial charge < -0.3 is 0 Å². The second-order valence-corrected chi connectivity index (χ2v) is 14.0. The maximum atomic E-state index is 13.5. The standard InChI is InChI=1S/C28H42OS/c1-25(2,3)19-27(7,8)21-13-11-15-23(17-21)30(29)24-16-12-14-22(18-24)28(9,10)20-26(4,5)6/h11-18H,19-20H2,1-10H3. The fraction of sp³-hybridized carbons (Fsp3) is 0.571. The van der Waals surface area contributed by atoms with E-state index in [1.54, 1.807) is 0 Å². The molecule has 0 saturated carbocycles.